The molecule has 2 aliphatic rings. The molecule has 6 rings (SSSR count). The Morgan fingerprint density at radius 3 is 2.58 bits per heavy atom. The second-order valence-corrected chi connectivity index (χ2v) is 9.72. The molecule has 38 heavy (non-hydrogen) atoms. The van der Waals surface area contributed by atoms with E-state index in [4.69, 9.17) is 22.1 Å². The number of anilines is 1. The molecular formula is C29H27N7O2. The molecule has 190 valence electrons. The van der Waals surface area contributed by atoms with Gasteiger partial charge in [0.1, 0.15) is 29.3 Å². The van der Waals surface area contributed by atoms with Gasteiger partial charge in [0.05, 0.1) is 24.5 Å². The lowest BCUT2D eigenvalue weighted by Gasteiger charge is -2.24. The van der Waals surface area contributed by atoms with E-state index in [1.54, 1.807) is 0 Å². The Bertz CT molecular complexity index is 1550. The van der Waals surface area contributed by atoms with Gasteiger partial charge in [0, 0.05) is 12.1 Å². The normalized spacial score (nSPS) is 17.5. The number of aromatic nitrogens is 4. The van der Waals surface area contributed by atoms with E-state index < -0.39 is 0 Å². The van der Waals surface area contributed by atoms with E-state index >= 15 is 0 Å². The van der Waals surface area contributed by atoms with Crippen LogP contribution < -0.4 is 10.5 Å². The SMILES string of the molecule is [C-]#[N+]/C(=C\C1CC1)C(=O)N1CCCC1Cn1nc(-c2ccc(Oc3ccccc3)cc2)c2c(N)ncnc21. The van der Waals surface area contributed by atoms with Crippen LogP contribution in [0.3, 0.4) is 0 Å². The molecule has 9 heteroatoms. The number of para-hydroxylation sites is 1. The maximum absolute atomic E-state index is 13.2. The van der Waals surface area contributed by atoms with Crippen LogP contribution in [0.2, 0.25) is 0 Å². The molecule has 3 heterocycles. The first-order chi connectivity index (χ1) is 18.6. The fourth-order valence-corrected chi connectivity index (χ4v) is 4.95. The van der Waals surface area contributed by atoms with Gasteiger partial charge in [0.2, 0.25) is 5.70 Å². The third-order valence-corrected chi connectivity index (χ3v) is 7.04. The highest BCUT2D eigenvalue weighted by Gasteiger charge is 2.33. The van der Waals surface area contributed by atoms with E-state index in [9.17, 15) is 4.79 Å². The maximum Gasteiger partial charge on any atom is 0.252 e. The number of amides is 1. The van der Waals surface area contributed by atoms with Crippen LogP contribution in [0, 0.1) is 12.5 Å². The summed E-state index contributed by atoms with van der Waals surface area (Å²) in [7, 11) is 0. The number of nitrogens with two attached hydrogens (primary N) is 1. The van der Waals surface area contributed by atoms with Crippen molar-refractivity contribution in [1.82, 2.24) is 24.6 Å². The van der Waals surface area contributed by atoms with Gasteiger partial charge in [-0.05, 0) is 68.0 Å². The molecule has 2 aromatic heterocycles. The Balaban J connectivity index is 1.29. The van der Waals surface area contributed by atoms with Gasteiger partial charge >= 0.3 is 0 Å². The molecule has 0 spiro atoms. The van der Waals surface area contributed by atoms with Crippen LogP contribution in [0.25, 0.3) is 27.1 Å². The van der Waals surface area contributed by atoms with Crippen molar-refractivity contribution in [1.29, 1.82) is 0 Å². The third kappa shape index (κ3) is 4.68. The van der Waals surface area contributed by atoms with E-state index in [1.165, 1.54) is 6.33 Å². The van der Waals surface area contributed by atoms with Crippen LogP contribution in [0.5, 0.6) is 11.5 Å². The molecule has 4 aromatic rings. The Morgan fingerprint density at radius 2 is 1.84 bits per heavy atom. The van der Waals surface area contributed by atoms with Gasteiger partial charge in [-0.1, -0.05) is 24.3 Å². The van der Waals surface area contributed by atoms with E-state index in [0.29, 0.717) is 47.3 Å². The van der Waals surface area contributed by atoms with E-state index in [1.807, 2.05) is 70.3 Å². The number of likely N-dealkylation sites (tertiary alicyclic amines) is 1. The average molecular weight is 506 g/mol. The third-order valence-electron chi connectivity index (χ3n) is 7.04. The molecule has 1 atom stereocenters. The number of nitrogens with zero attached hydrogens (tertiary/aromatic N) is 6. The number of ether oxygens (including phenoxy) is 1. The van der Waals surface area contributed by atoms with Crippen molar-refractivity contribution in [3.05, 3.63) is 84.1 Å². The van der Waals surface area contributed by atoms with Crippen LogP contribution in [-0.4, -0.2) is 43.1 Å². The highest BCUT2D eigenvalue weighted by Crippen LogP contribution is 2.34. The Labute approximate surface area is 220 Å². The Kier molecular flexibility index (Phi) is 6.22. The average Bonchev–Trinajstić information content (AvgIpc) is 3.52. The molecule has 1 aliphatic carbocycles. The lowest BCUT2D eigenvalue weighted by Crippen LogP contribution is -2.38. The predicted molar refractivity (Wildman–Crippen MR) is 144 cm³/mol. The molecular weight excluding hydrogens is 478 g/mol. The van der Waals surface area contributed by atoms with Crippen molar-refractivity contribution in [3.8, 4) is 22.8 Å². The topological polar surface area (TPSA) is 104 Å². The van der Waals surface area contributed by atoms with Crippen molar-refractivity contribution in [3.63, 3.8) is 0 Å². The summed E-state index contributed by atoms with van der Waals surface area (Å²) >= 11 is 0. The van der Waals surface area contributed by atoms with Crippen molar-refractivity contribution >= 4 is 22.8 Å². The molecule has 1 saturated carbocycles. The molecule has 0 radical (unpaired) electrons. The number of hydrogen-bond acceptors (Lipinski definition) is 6. The lowest BCUT2D eigenvalue weighted by atomic mass is 10.1. The molecule has 2 aromatic carbocycles. The first-order valence-electron chi connectivity index (χ1n) is 12.8. The Morgan fingerprint density at radius 1 is 1.08 bits per heavy atom. The highest BCUT2D eigenvalue weighted by molar-refractivity contribution is 5.98. The number of benzene rings is 2. The van der Waals surface area contributed by atoms with Crippen molar-refractivity contribution in [2.45, 2.75) is 38.3 Å². The number of rotatable bonds is 7. The number of fused-ring (bicyclic) bond motifs is 1. The number of allylic oxidation sites excluding steroid dienone is 1. The van der Waals surface area contributed by atoms with Crippen molar-refractivity contribution < 1.29 is 9.53 Å². The van der Waals surface area contributed by atoms with E-state index in [-0.39, 0.29) is 17.6 Å². The molecule has 1 unspecified atom stereocenters. The summed E-state index contributed by atoms with van der Waals surface area (Å²) in [4.78, 5) is 27.3. The summed E-state index contributed by atoms with van der Waals surface area (Å²) < 4.78 is 7.74. The quantitative estimate of drug-likeness (QED) is 0.278. The Hall–Kier alpha value is -4.71. The molecule has 2 fully saturated rings. The number of carbonyl (C=O) groups excluding carboxylic acids is 1. The fraction of sp³-hybridized carbons (Fsp3) is 0.276. The van der Waals surface area contributed by atoms with Gasteiger partial charge in [0.25, 0.3) is 5.91 Å². The summed E-state index contributed by atoms with van der Waals surface area (Å²) in [5.74, 6) is 2.00. The summed E-state index contributed by atoms with van der Waals surface area (Å²) in [6.07, 6.45) is 7.10. The molecule has 0 bridgehead atoms. The predicted octanol–water partition coefficient (Wildman–Crippen LogP) is 5.07. The van der Waals surface area contributed by atoms with E-state index in [2.05, 4.69) is 14.8 Å². The van der Waals surface area contributed by atoms with E-state index in [0.717, 1.165) is 37.0 Å². The number of hydrogen-bond donors (Lipinski definition) is 1. The van der Waals surface area contributed by atoms with Crippen LogP contribution in [-0.2, 0) is 11.3 Å². The molecule has 1 amide bonds. The summed E-state index contributed by atoms with van der Waals surface area (Å²) in [5.41, 5.74) is 8.69. The van der Waals surface area contributed by atoms with Crippen LogP contribution in [0.15, 0.2) is 72.7 Å². The standard InChI is InChI=1S/C29H27N7O2/c1-31-24(16-19-9-10-19)29(37)35-15-5-6-21(35)17-36-28-25(27(30)32-18-33-28)26(34-36)20-11-13-23(14-12-20)38-22-7-3-2-4-8-22/h2-4,7-8,11-14,16,18-19,21H,5-6,9-10,15,17H2,(H2,30,32,33)/b24-16-. The maximum atomic E-state index is 13.2. The van der Waals surface area contributed by atoms with Crippen LogP contribution >= 0.6 is 0 Å². The van der Waals surface area contributed by atoms with Crippen LogP contribution in [0.1, 0.15) is 25.7 Å². The van der Waals surface area contributed by atoms with Gasteiger partial charge in [-0.2, -0.15) is 5.10 Å². The largest absolute Gasteiger partial charge is 0.457 e. The van der Waals surface area contributed by atoms with Gasteiger partial charge in [0.15, 0.2) is 5.65 Å². The van der Waals surface area contributed by atoms with Gasteiger partial charge in [-0.25, -0.2) is 19.5 Å². The highest BCUT2D eigenvalue weighted by atomic mass is 16.5. The fourth-order valence-electron chi connectivity index (χ4n) is 4.95. The number of nitrogen functional groups attached to an aromatic ring is 1. The number of carbonyl (C=O) groups is 1. The minimum Gasteiger partial charge on any atom is -0.457 e. The smallest absolute Gasteiger partial charge is 0.252 e. The molecule has 2 N–H and O–H groups in total. The zero-order chi connectivity index (χ0) is 26.1. The minimum absolute atomic E-state index is 0.0827. The second-order valence-electron chi connectivity index (χ2n) is 9.72. The van der Waals surface area contributed by atoms with Gasteiger partial charge < -0.3 is 15.4 Å². The lowest BCUT2D eigenvalue weighted by molar-refractivity contribution is -0.127. The minimum atomic E-state index is -0.186. The summed E-state index contributed by atoms with van der Waals surface area (Å²) in [5, 5.41) is 5.57. The van der Waals surface area contributed by atoms with Gasteiger partial charge in [-0.15, -0.1) is 0 Å². The monoisotopic (exact) mass is 505 g/mol. The van der Waals surface area contributed by atoms with Crippen molar-refractivity contribution in [2.75, 3.05) is 12.3 Å². The molecule has 1 saturated heterocycles. The molecule has 9 nitrogen and oxygen atoms in total. The van der Waals surface area contributed by atoms with Gasteiger partial charge in [-0.3, -0.25) is 4.79 Å². The first-order valence-corrected chi connectivity index (χ1v) is 12.8. The van der Waals surface area contributed by atoms with Crippen LogP contribution in [0.4, 0.5) is 5.82 Å². The zero-order valence-corrected chi connectivity index (χ0v) is 20.8. The first kappa shape index (κ1) is 23.7. The molecule has 1 aliphatic heterocycles. The van der Waals surface area contributed by atoms with Crippen molar-refractivity contribution in [2.24, 2.45) is 5.92 Å². The summed E-state index contributed by atoms with van der Waals surface area (Å²) in [6, 6.07) is 17.2. The zero-order valence-electron chi connectivity index (χ0n) is 20.8. The summed E-state index contributed by atoms with van der Waals surface area (Å²) in [6.45, 7) is 8.62. The second kappa shape index (κ2) is 9.98.